The monoisotopic (exact) mass is 263 g/mol. The lowest BCUT2D eigenvalue weighted by Gasteiger charge is -2.33. The topological polar surface area (TPSA) is 40.7 Å². The Bertz CT molecular complexity index is 364. The molecule has 108 valence electrons. The van der Waals surface area contributed by atoms with Crippen LogP contribution in [0.5, 0.6) is 0 Å². The molecule has 19 heavy (non-hydrogen) atoms. The second kappa shape index (κ2) is 7.09. The zero-order valence-corrected chi connectivity index (χ0v) is 12.6. The summed E-state index contributed by atoms with van der Waals surface area (Å²) in [5.74, 6) is 1.14. The first-order valence-corrected chi connectivity index (χ1v) is 7.95. The van der Waals surface area contributed by atoms with Crippen molar-refractivity contribution in [1.29, 1.82) is 0 Å². The van der Waals surface area contributed by atoms with Crippen LogP contribution in [-0.4, -0.2) is 16.5 Å². The normalized spacial score (nSPS) is 18.6. The van der Waals surface area contributed by atoms with Crippen LogP contribution in [0.15, 0.2) is 6.20 Å². The van der Waals surface area contributed by atoms with E-state index >= 15 is 0 Å². The van der Waals surface area contributed by atoms with Crippen molar-refractivity contribution >= 4 is 0 Å². The third kappa shape index (κ3) is 4.64. The van der Waals surface area contributed by atoms with Crippen molar-refractivity contribution in [3.8, 4) is 0 Å². The number of hydrogen-bond donors (Lipinski definition) is 2. The molecule has 1 aromatic rings. The molecule has 1 heterocycles. The van der Waals surface area contributed by atoms with Gasteiger partial charge in [0, 0.05) is 31.4 Å². The number of aryl methyl sites for hydroxylation is 1. The fourth-order valence-electron chi connectivity index (χ4n) is 3.05. The van der Waals surface area contributed by atoms with Crippen LogP contribution in [0, 0.1) is 5.41 Å². The smallest absolute Gasteiger partial charge is 0.106 e. The van der Waals surface area contributed by atoms with E-state index < -0.39 is 0 Å². The predicted octanol–water partition coefficient (Wildman–Crippen LogP) is 3.81. The maximum Gasteiger partial charge on any atom is 0.106 e. The molecule has 0 atom stereocenters. The fraction of sp³-hybridized carbons (Fsp3) is 0.812. The third-order valence-corrected chi connectivity index (χ3v) is 4.38. The van der Waals surface area contributed by atoms with Gasteiger partial charge in [-0.3, -0.25) is 0 Å². The first kappa shape index (κ1) is 14.6. The standard InChI is InChI=1S/C16H29N3/c1-3-4-8-15-18-12-14(19-15)11-17-13-16(2)9-6-5-7-10-16/h12,17H,3-11,13H2,1-2H3,(H,18,19). The fourth-order valence-corrected chi connectivity index (χ4v) is 3.05. The Morgan fingerprint density at radius 2 is 2.11 bits per heavy atom. The molecule has 3 heteroatoms. The van der Waals surface area contributed by atoms with Crippen molar-refractivity contribution in [3.63, 3.8) is 0 Å². The molecule has 0 saturated heterocycles. The second-order valence-corrected chi connectivity index (χ2v) is 6.43. The number of aromatic nitrogens is 2. The van der Waals surface area contributed by atoms with Gasteiger partial charge < -0.3 is 10.3 Å². The first-order valence-electron chi connectivity index (χ1n) is 7.95. The Morgan fingerprint density at radius 1 is 1.32 bits per heavy atom. The maximum atomic E-state index is 4.44. The van der Waals surface area contributed by atoms with Crippen molar-refractivity contribution in [2.45, 2.75) is 71.8 Å². The SMILES string of the molecule is CCCCc1ncc(CNCC2(C)CCCCC2)[nH]1. The Labute approximate surface area is 117 Å². The molecule has 3 nitrogen and oxygen atoms in total. The summed E-state index contributed by atoms with van der Waals surface area (Å²) in [6.07, 6.45) is 12.5. The number of imidazole rings is 1. The molecule has 1 aliphatic carbocycles. The quantitative estimate of drug-likeness (QED) is 0.785. The number of rotatable bonds is 7. The van der Waals surface area contributed by atoms with Gasteiger partial charge in [-0.25, -0.2) is 4.98 Å². The second-order valence-electron chi connectivity index (χ2n) is 6.43. The van der Waals surface area contributed by atoms with Crippen LogP contribution < -0.4 is 5.32 Å². The highest BCUT2D eigenvalue weighted by Crippen LogP contribution is 2.34. The van der Waals surface area contributed by atoms with Gasteiger partial charge in [0.05, 0.1) is 0 Å². The van der Waals surface area contributed by atoms with Crippen molar-refractivity contribution in [3.05, 3.63) is 17.7 Å². The summed E-state index contributed by atoms with van der Waals surface area (Å²) in [6.45, 7) is 6.71. The van der Waals surface area contributed by atoms with Gasteiger partial charge in [0.15, 0.2) is 0 Å². The van der Waals surface area contributed by atoms with Gasteiger partial charge in [0.25, 0.3) is 0 Å². The van der Waals surface area contributed by atoms with Gasteiger partial charge in [-0.15, -0.1) is 0 Å². The number of aromatic amines is 1. The summed E-state index contributed by atoms with van der Waals surface area (Å²) in [4.78, 5) is 7.87. The van der Waals surface area contributed by atoms with E-state index in [1.807, 2.05) is 6.20 Å². The summed E-state index contributed by atoms with van der Waals surface area (Å²) in [7, 11) is 0. The van der Waals surface area contributed by atoms with Crippen LogP contribution in [-0.2, 0) is 13.0 Å². The molecule has 1 fully saturated rings. The van der Waals surface area contributed by atoms with Crippen LogP contribution >= 0.6 is 0 Å². The van der Waals surface area contributed by atoms with E-state index in [4.69, 9.17) is 0 Å². The molecular weight excluding hydrogens is 234 g/mol. The molecule has 1 aliphatic rings. The molecule has 0 bridgehead atoms. The Hall–Kier alpha value is -0.830. The Morgan fingerprint density at radius 3 is 2.84 bits per heavy atom. The van der Waals surface area contributed by atoms with Crippen molar-refractivity contribution in [2.24, 2.45) is 5.41 Å². The molecule has 2 N–H and O–H groups in total. The lowest BCUT2D eigenvalue weighted by molar-refractivity contribution is 0.207. The highest BCUT2D eigenvalue weighted by molar-refractivity contribution is 5.01. The zero-order valence-electron chi connectivity index (χ0n) is 12.6. The number of H-pyrrole nitrogens is 1. The van der Waals surface area contributed by atoms with E-state index in [-0.39, 0.29) is 0 Å². The van der Waals surface area contributed by atoms with Crippen LogP contribution in [0.1, 0.15) is 70.3 Å². The third-order valence-electron chi connectivity index (χ3n) is 4.38. The molecule has 1 saturated carbocycles. The summed E-state index contributed by atoms with van der Waals surface area (Å²) in [5, 5.41) is 3.61. The van der Waals surface area contributed by atoms with Crippen molar-refractivity contribution in [1.82, 2.24) is 15.3 Å². The highest BCUT2D eigenvalue weighted by atomic mass is 15.0. The summed E-state index contributed by atoms with van der Waals surface area (Å²) < 4.78 is 0. The van der Waals surface area contributed by atoms with Gasteiger partial charge in [-0.1, -0.05) is 39.5 Å². The van der Waals surface area contributed by atoms with Crippen molar-refractivity contribution < 1.29 is 0 Å². The lowest BCUT2D eigenvalue weighted by atomic mass is 9.76. The molecule has 0 radical (unpaired) electrons. The molecule has 1 aromatic heterocycles. The molecule has 0 aliphatic heterocycles. The largest absolute Gasteiger partial charge is 0.345 e. The van der Waals surface area contributed by atoms with Gasteiger partial charge >= 0.3 is 0 Å². The molecule has 0 amide bonds. The molecular formula is C16H29N3. The van der Waals surface area contributed by atoms with E-state index in [1.54, 1.807) is 0 Å². The number of nitrogens with zero attached hydrogens (tertiary/aromatic N) is 1. The van der Waals surface area contributed by atoms with Gasteiger partial charge in [0.2, 0.25) is 0 Å². The zero-order chi connectivity index (χ0) is 13.6. The van der Waals surface area contributed by atoms with Crippen LogP contribution in [0.2, 0.25) is 0 Å². The minimum atomic E-state index is 0.517. The minimum Gasteiger partial charge on any atom is -0.345 e. The lowest BCUT2D eigenvalue weighted by Crippen LogP contribution is -2.33. The number of nitrogens with one attached hydrogen (secondary N) is 2. The Kier molecular flexibility index (Phi) is 5.44. The average Bonchev–Trinajstić information content (AvgIpc) is 2.85. The van der Waals surface area contributed by atoms with Gasteiger partial charge in [0.1, 0.15) is 5.82 Å². The summed E-state index contributed by atoms with van der Waals surface area (Å²) in [5.41, 5.74) is 1.74. The van der Waals surface area contributed by atoms with Crippen LogP contribution in [0.3, 0.4) is 0 Å². The maximum absolute atomic E-state index is 4.44. The average molecular weight is 263 g/mol. The Balaban J connectivity index is 1.71. The summed E-state index contributed by atoms with van der Waals surface area (Å²) >= 11 is 0. The molecule has 0 aromatic carbocycles. The van der Waals surface area contributed by atoms with Crippen molar-refractivity contribution in [2.75, 3.05) is 6.54 Å². The van der Waals surface area contributed by atoms with Gasteiger partial charge in [-0.05, 0) is 24.7 Å². The summed E-state index contributed by atoms with van der Waals surface area (Å²) in [6, 6.07) is 0. The van der Waals surface area contributed by atoms with E-state index in [2.05, 4.69) is 29.1 Å². The molecule has 2 rings (SSSR count). The van der Waals surface area contributed by atoms with E-state index in [1.165, 1.54) is 50.6 Å². The van der Waals surface area contributed by atoms with Crippen LogP contribution in [0.25, 0.3) is 0 Å². The first-order chi connectivity index (χ1) is 9.22. The highest BCUT2D eigenvalue weighted by Gasteiger charge is 2.25. The van der Waals surface area contributed by atoms with E-state index in [0.717, 1.165) is 25.3 Å². The predicted molar refractivity (Wildman–Crippen MR) is 80.1 cm³/mol. The van der Waals surface area contributed by atoms with E-state index in [9.17, 15) is 0 Å². The van der Waals surface area contributed by atoms with Crippen LogP contribution in [0.4, 0.5) is 0 Å². The molecule has 0 spiro atoms. The van der Waals surface area contributed by atoms with E-state index in [0.29, 0.717) is 5.41 Å². The number of unbranched alkanes of at least 4 members (excludes halogenated alkanes) is 1. The number of hydrogen-bond acceptors (Lipinski definition) is 2. The van der Waals surface area contributed by atoms with Gasteiger partial charge in [-0.2, -0.15) is 0 Å². The minimum absolute atomic E-state index is 0.517. The molecule has 0 unspecified atom stereocenters.